The summed E-state index contributed by atoms with van der Waals surface area (Å²) < 4.78 is 34.1. The molecule has 0 spiro atoms. The molecule has 8 nitrogen and oxygen atoms in total. The number of carbonyl (C=O) groups is 1. The number of aromatic nitrogens is 3. The van der Waals surface area contributed by atoms with Crippen molar-refractivity contribution in [2.45, 2.75) is 44.6 Å². The van der Waals surface area contributed by atoms with Gasteiger partial charge in [-0.3, -0.25) is 0 Å². The molecule has 0 fully saturated rings. The molecular weight excluding hydrogens is 464 g/mol. The monoisotopic (exact) mass is 488 g/mol. The van der Waals surface area contributed by atoms with E-state index in [2.05, 4.69) is 9.97 Å². The highest BCUT2D eigenvalue weighted by atomic mass is 35.5. The molecule has 1 aliphatic heterocycles. The summed E-state index contributed by atoms with van der Waals surface area (Å²) >= 11 is 6.29. The lowest BCUT2D eigenvalue weighted by molar-refractivity contribution is 0.0273. The first-order chi connectivity index (χ1) is 15.5. The number of aryl methyl sites for hydroxylation is 1. The lowest BCUT2D eigenvalue weighted by atomic mass is 10.1. The van der Waals surface area contributed by atoms with Gasteiger partial charge in [0.05, 0.1) is 22.5 Å². The summed E-state index contributed by atoms with van der Waals surface area (Å²) in [7, 11) is -4.01. The number of benzene rings is 1. The van der Waals surface area contributed by atoms with Crippen LogP contribution >= 0.6 is 11.6 Å². The fourth-order valence-corrected chi connectivity index (χ4v) is 5.33. The lowest BCUT2D eigenvalue weighted by Gasteiger charge is -2.30. The van der Waals surface area contributed by atoms with Crippen LogP contribution in [0.5, 0.6) is 0 Å². The maximum absolute atomic E-state index is 13.7. The number of hydrogen-bond donors (Lipinski definition) is 0. The minimum absolute atomic E-state index is 0.127. The molecule has 33 heavy (non-hydrogen) atoms. The molecule has 0 saturated heterocycles. The van der Waals surface area contributed by atoms with E-state index in [1.54, 1.807) is 56.0 Å². The van der Waals surface area contributed by atoms with Crippen LogP contribution in [-0.2, 0) is 14.8 Å². The molecule has 1 aromatic carbocycles. The van der Waals surface area contributed by atoms with Gasteiger partial charge in [0.15, 0.2) is 5.65 Å². The number of nitrogens with zero attached hydrogens (tertiary/aromatic N) is 4. The normalized spacial score (nSPS) is 14.9. The highest BCUT2D eigenvalue weighted by Gasteiger charge is 2.30. The Balaban J connectivity index is 1.83. The van der Waals surface area contributed by atoms with Crippen molar-refractivity contribution in [1.82, 2.24) is 18.8 Å². The molecule has 10 heteroatoms. The van der Waals surface area contributed by atoms with Crippen molar-refractivity contribution in [3.8, 4) is 0 Å². The highest BCUT2D eigenvalue weighted by molar-refractivity contribution is 7.90. The third kappa shape index (κ3) is 4.60. The Morgan fingerprint density at radius 3 is 2.52 bits per heavy atom. The molecule has 0 radical (unpaired) electrons. The molecule has 1 aliphatic rings. The quantitative estimate of drug-likeness (QED) is 0.498. The molecule has 0 atom stereocenters. The van der Waals surface area contributed by atoms with Crippen LogP contribution in [-0.4, -0.2) is 52.0 Å². The zero-order valence-corrected chi connectivity index (χ0v) is 20.4. The fourth-order valence-electron chi connectivity index (χ4n) is 3.65. The predicted octanol–water partition coefficient (Wildman–Crippen LogP) is 4.65. The molecule has 0 bridgehead atoms. The standard InChI is InChI=1S/C23H25ClN4O4S/c1-15-7-9-17(10-8-15)33(30,31)28-19(12-18-20(24)25-14-26-21(18)28)16-6-5-11-27(13-16)22(29)32-23(2,3)4/h6-10,12,14H,5,11,13H2,1-4H3. The van der Waals surface area contributed by atoms with Crippen LogP contribution in [0, 0.1) is 6.92 Å². The number of halogens is 1. The van der Waals surface area contributed by atoms with E-state index in [0.717, 1.165) is 5.56 Å². The third-order valence-electron chi connectivity index (χ3n) is 5.20. The Labute approximate surface area is 197 Å². The topological polar surface area (TPSA) is 94.4 Å². The van der Waals surface area contributed by atoms with E-state index in [1.807, 2.05) is 13.0 Å². The average Bonchev–Trinajstić information content (AvgIpc) is 3.15. The van der Waals surface area contributed by atoms with Gasteiger partial charge in [-0.15, -0.1) is 0 Å². The largest absolute Gasteiger partial charge is 0.444 e. The number of amides is 1. The maximum Gasteiger partial charge on any atom is 0.410 e. The smallest absolute Gasteiger partial charge is 0.410 e. The van der Waals surface area contributed by atoms with Crippen molar-refractivity contribution in [2.75, 3.05) is 13.1 Å². The molecule has 0 aliphatic carbocycles. The predicted molar refractivity (Wildman–Crippen MR) is 127 cm³/mol. The molecule has 174 valence electrons. The van der Waals surface area contributed by atoms with Crippen LogP contribution in [0.15, 0.2) is 47.6 Å². The maximum atomic E-state index is 13.7. The van der Waals surface area contributed by atoms with E-state index in [9.17, 15) is 13.2 Å². The summed E-state index contributed by atoms with van der Waals surface area (Å²) in [6.07, 6.45) is 3.27. The zero-order valence-electron chi connectivity index (χ0n) is 18.9. The second kappa shape index (κ2) is 8.46. The van der Waals surface area contributed by atoms with Crippen LogP contribution in [0.1, 0.15) is 38.4 Å². The number of rotatable bonds is 3. The van der Waals surface area contributed by atoms with Gasteiger partial charge >= 0.3 is 6.09 Å². The SMILES string of the molecule is Cc1ccc(S(=O)(=O)n2c(C3=CCCN(C(=O)OC(C)(C)C)C3)cc3c(Cl)ncnc32)cc1. The van der Waals surface area contributed by atoms with E-state index in [1.165, 1.54) is 10.3 Å². The van der Waals surface area contributed by atoms with Gasteiger partial charge in [0.1, 0.15) is 17.1 Å². The molecule has 1 amide bonds. The highest BCUT2D eigenvalue weighted by Crippen LogP contribution is 2.33. The zero-order chi connectivity index (χ0) is 24.0. The van der Waals surface area contributed by atoms with Crippen molar-refractivity contribution in [2.24, 2.45) is 0 Å². The van der Waals surface area contributed by atoms with Crippen LogP contribution in [0.2, 0.25) is 5.15 Å². The van der Waals surface area contributed by atoms with E-state index in [0.29, 0.717) is 29.6 Å². The van der Waals surface area contributed by atoms with Gasteiger partial charge < -0.3 is 9.64 Å². The molecule has 0 N–H and O–H groups in total. The number of fused-ring (bicyclic) bond motifs is 1. The van der Waals surface area contributed by atoms with Crippen LogP contribution in [0.25, 0.3) is 16.6 Å². The minimum Gasteiger partial charge on any atom is -0.444 e. The van der Waals surface area contributed by atoms with Crippen molar-refractivity contribution in [3.63, 3.8) is 0 Å². The summed E-state index contributed by atoms with van der Waals surface area (Å²) in [5.41, 5.74) is 1.55. The fraction of sp³-hybridized carbons (Fsp3) is 0.348. The molecule has 0 unspecified atom stereocenters. The third-order valence-corrected chi connectivity index (χ3v) is 7.22. The Hall–Kier alpha value is -2.91. The van der Waals surface area contributed by atoms with Gasteiger partial charge in [-0.1, -0.05) is 35.4 Å². The Morgan fingerprint density at radius 1 is 1.15 bits per heavy atom. The van der Waals surface area contributed by atoms with Crippen LogP contribution in [0.4, 0.5) is 4.79 Å². The van der Waals surface area contributed by atoms with E-state index in [4.69, 9.17) is 16.3 Å². The number of hydrogen-bond acceptors (Lipinski definition) is 6. The Morgan fingerprint density at radius 2 is 1.85 bits per heavy atom. The number of ether oxygens (including phenoxy) is 1. The van der Waals surface area contributed by atoms with Gasteiger partial charge in [-0.2, -0.15) is 0 Å². The van der Waals surface area contributed by atoms with E-state index < -0.39 is 21.7 Å². The first-order valence-electron chi connectivity index (χ1n) is 10.5. The second-order valence-corrected chi connectivity index (χ2v) is 11.1. The van der Waals surface area contributed by atoms with Gasteiger partial charge in [0.2, 0.25) is 0 Å². The van der Waals surface area contributed by atoms with Crippen LogP contribution in [0.3, 0.4) is 0 Å². The summed E-state index contributed by atoms with van der Waals surface area (Å²) in [4.78, 5) is 22.6. The molecular formula is C23H25ClN4O4S. The summed E-state index contributed by atoms with van der Waals surface area (Å²) in [6, 6.07) is 8.26. The Bertz CT molecular complexity index is 1360. The molecule has 3 heterocycles. The molecule has 2 aromatic heterocycles. The van der Waals surface area contributed by atoms with Crippen molar-refractivity contribution < 1.29 is 17.9 Å². The minimum atomic E-state index is -4.01. The van der Waals surface area contributed by atoms with Gasteiger partial charge in [0, 0.05) is 6.54 Å². The summed E-state index contributed by atoms with van der Waals surface area (Å²) in [5.74, 6) is 0. The average molecular weight is 489 g/mol. The van der Waals surface area contributed by atoms with Crippen molar-refractivity contribution in [3.05, 3.63) is 59.1 Å². The second-order valence-electron chi connectivity index (χ2n) is 8.93. The summed E-state index contributed by atoms with van der Waals surface area (Å²) in [6.45, 7) is 7.97. The first-order valence-corrected chi connectivity index (χ1v) is 12.3. The Kier molecular flexibility index (Phi) is 5.96. The van der Waals surface area contributed by atoms with Gasteiger partial charge in [0.25, 0.3) is 10.0 Å². The lowest BCUT2D eigenvalue weighted by Crippen LogP contribution is -2.40. The molecule has 0 saturated carbocycles. The number of carbonyl (C=O) groups excluding carboxylic acids is 1. The van der Waals surface area contributed by atoms with Crippen LogP contribution < -0.4 is 0 Å². The van der Waals surface area contributed by atoms with E-state index >= 15 is 0 Å². The van der Waals surface area contributed by atoms with Crippen molar-refractivity contribution >= 4 is 44.3 Å². The van der Waals surface area contributed by atoms with E-state index in [-0.39, 0.29) is 22.2 Å². The first kappa shape index (κ1) is 23.3. The summed E-state index contributed by atoms with van der Waals surface area (Å²) in [5, 5.41) is 0.569. The van der Waals surface area contributed by atoms with Crippen molar-refractivity contribution in [1.29, 1.82) is 0 Å². The molecule has 4 rings (SSSR count). The van der Waals surface area contributed by atoms with Gasteiger partial charge in [-0.05, 0) is 57.9 Å². The molecule has 3 aromatic rings. The van der Waals surface area contributed by atoms with Gasteiger partial charge in [-0.25, -0.2) is 27.2 Å².